The zero-order valence-corrected chi connectivity index (χ0v) is 21.5. The number of hydrogen-bond donors (Lipinski definition) is 1. The lowest BCUT2D eigenvalue weighted by Gasteiger charge is -2.28. The average molecular weight is 502 g/mol. The van der Waals surface area contributed by atoms with Crippen LogP contribution in [0.15, 0.2) is 108 Å². The van der Waals surface area contributed by atoms with Gasteiger partial charge < -0.3 is 5.32 Å². The highest BCUT2D eigenvalue weighted by molar-refractivity contribution is 7.47. The minimum absolute atomic E-state index is 0.0472. The maximum absolute atomic E-state index is 13.5. The molecule has 1 aliphatic heterocycles. The zero-order valence-electron chi connectivity index (χ0n) is 19.7. The third kappa shape index (κ3) is 5.22. The van der Waals surface area contributed by atoms with Gasteiger partial charge in [-0.2, -0.15) is 0 Å². The Labute approximate surface area is 210 Å². The molecular formula is C29H31N2O2P2+. The van der Waals surface area contributed by atoms with Crippen molar-refractivity contribution in [1.29, 1.82) is 0 Å². The molecule has 2 aliphatic carbocycles. The van der Waals surface area contributed by atoms with E-state index in [0.717, 1.165) is 43.0 Å². The molecule has 0 radical (unpaired) electrons. The number of hydrogen-bond acceptors (Lipinski definition) is 3. The van der Waals surface area contributed by atoms with Crippen molar-refractivity contribution in [2.24, 2.45) is 11.8 Å². The number of nitrogens with zero attached hydrogens (tertiary/aromatic N) is 1. The lowest BCUT2D eigenvalue weighted by atomic mass is 9.89. The second kappa shape index (κ2) is 11.5. The van der Waals surface area contributed by atoms with Crippen molar-refractivity contribution in [3.8, 4) is 0 Å². The molecular weight excluding hydrogens is 470 g/mol. The van der Waals surface area contributed by atoms with Crippen molar-refractivity contribution in [1.82, 2.24) is 9.99 Å². The Morgan fingerprint density at radius 1 is 0.971 bits per heavy atom. The second-order valence-electron chi connectivity index (χ2n) is 9.22. The first-order valence-corrected chi connectivity index (χ1v) is 14.4. The van der Waals surface area contributed by atoms with E-state index in [1.165, 1.54) is 11.1 Å². The van der Waals surface area contributed by atoms with Gasteiger partial charge in [0.2, 0.25) is 0 Å². The van der Waals surface area contributed by atoms with E-state index in [9.17, 15) is 9.13 Å². The maximum atomic E-state index is 13.5. The second-order valence-corrected chi connectivity index (χ2v) is 11.5. The van der Waals surface area contributed by atoms with Gasteiger partial charge in [0, 0.05) is 23.8 Å². The molecule has 1 N–H and O–H groups in total. The maximum Gasteiger partial charge on any atom is 0.470 e. The summed E-state index contributed by atoms with van der Waals surface area (Å²) in [5.74, 6) is 0.250. The van der Waals surface area contributed by atoms with Crippen LogP contribution < -0.4 is 5.32 Å². The molecule has 0 saturated carbocycles. The normalized spacial score (nSPS) is 25.8. The molecule has 178 valence electrons. The van der Waals surface area contributed by atoms with Crippen LogP contribution in [0.4, 0.5) is 0 Å². The molecule has 0 spiro atoms. The summed E-state index contributed by atoms with van der Waals surface area (Å²) in [4.78, 5) is 0. The van der Waals surface area contributed by atoms with Crippen molar-refractivity contribution in [2.45, 2.75) is 31.3 Å². The van der Waals surface area contributed by atoms with Gasteiger partial charge in [0.1, 0.15) is 0 Å². The summed E-state index contributed by atoms with van der Waals surface area (Å²) in [7, 11) is -1.45. The molecule has 5 rings (SSSR count). The molecule has 6 heteroatoms. The fraction of sp³-hybridized carbons (Fsp3) is 0.310. The van der Waals surface area contributed by atoms with E-state index in [1.807, 2.05) is 12.1 Å². The average Bonchev–Trinajstić information content (AvgIpc) is 3.21. The molecule has 0 amide bonds. The van der Waals surface area contributed by atoms with Crippen LogP contribution in [0, 0.1) is 11.8 Å². The van der Waals surface area contributed by atoms with E-state index in [2.05, 4.69) is 95.0 Å². The van der Waals surface area contributed by atoms with E-state index >= 15 is 0 Å². The third-order valence-electron chi connectivity index (χ3n) is 7.10. The summed E-state index contributed by atoms with van der Waals surface area (Å²) in [6.07, 6.45) is 15.6. The van der Waals surface area contributed by atoms with Gasteiger partial charge in [0.05, 0.1) is 12.0 Å². The Morgan fingerprint density at radius 3 is 2.46 bits per heavy atom. The summed E-state index contributed by atoms with van der Waals surface area (Å²) in [6.45, 7) is 1.54. The highest BCUT2D eigenvalue weighted by Gasteiger charge is 2.54. The van der Waals surface area contributed by atoms with Crippen LogP contribution in [-0.4, -0.2) is 17.8 Å². The SMILES string of the molecule is O=PC1=CCC=C[C@@H]1[C@H](NCCCN1[C@H](c2ccccc2)[C@H]2C=CCC=C2[P+]1=O)c1ccccc1. The molecule has 1 saturated heterocycles. The quantitative estimate of drug-likeness (QED) is 0.217. The van der Waals surface area contributed by atoms with Gasteiger partial charge >= 0.3 is 7.95 Å². The van der Waals surface area contributed by atoms with E-state index in [1.54, 1.807) is 0 Å². The zero-order chi connectivity index (χ0) is 24.0. The van der Waals surface area contributed by atoms with Gasteiger partial charge in [0.25, 0.3) is 0 Å². The van der Waals surface area contributed by atoms with Crippen LogP contribution in [-0.2, 0) is 9.13 Å². The smallest absolute Gasteiger partial charge is 0.309 e. The fourth-order valence-electron chi connectivity index (χ4n) is 5.47. The minimum Gasteiger partial charge on any atom is -0.309 e. The first-order chi connectivity index (χ1) is 17.3. The number of nitrogens with one attached hydrogen (secondary N) is 1. The third-order valence-corrected chi connectivity index (χ3v) is 9.63. The highest BCUT2D eigenvalue weighted by Crippen LogP contribution is 2.59. The van der Waals surface area contributed by atoms with Crippen LogP contribution in [0.2, 0.25) is 0 Å². The Morgan fingerprint density at radius 2 is 1.69 bits per heavy atom. The van der Waals surface area contributed by atoms with Crippen LogP contribution in [0.25, 0.3) is 0 Å². The number of allylic oxidation sites excluding steroid dienone is 4. The van der Waals surface area contributed by atoms with Crippen LogP contribution in [0.5, 0.6) is 0 Å². The number of benzene rings is 2. The van der Waals surface area contributed by atoms with Gasteiger partial charge in [-0.3, -0.25) is 4.57 Å². The van der Waals surface area contributed by atoms with E-state index < -0.39 is 7.95 Å². The summed E-state index contributed by atoms with van der Waals surface area (Å²) in [6, 6.07) is 21.0. The molecule has 2 aromatic carbocycles. The van der Waals surface area contributed by atoms with Crippen molar-refractivity contribution in [3.05, 3.63) is 119 Å². The predicted molar refractivity (Wildman–Crippen MR) is 144 cm³/mol. The van der Waals surface area contributed by atoms with Crippen LogP contribution in [0.1, 0.15) is 42.5 Å². The highest BCUT2D eigenvalue weighted by atomic mass is 31.1. The first kappa shape index (κ1) is 24.2. The standard InChI is InChI=1S/C29H31N2O2P2/c32-34-26-18-9-7-16-24(26)28(22-12-3-1-4-13-22)30-20-11-21-31-29(23-14-5-2-6-15-23)25-17-8-10-19-27(25)35(31)33/h1-8,12-19,24-25,28-30H,9-11,20-21H2/q+1/t24-,25-,28+,29+/m0/s1. The largest absolute Gasteiger partial charge is 0.470 e. The van der Waals surface area contributed by atoms with Gasteiger partial charge in [-0.15, -0.1) is 0 Å². The summed E-state index contributed by atoms with van der Waals surface area (Å²) in [5, 5.41) is 5.76. The number of fused-ring (bicyclic) bond motifs is 1. The fourth-order valence-corrected chi connectivity index (χ4v) is 7.87. The summed E-state index contributed by atoms with van der Waals surface area (Å²) >= 11 is 0. The molecule has 4 nitrogen and oxygen atoms in total. The first-order valence-electron chi connectivity index (χ1n) is 12.4. The molecule has 2 aromatic rings. The van der Waals surface area contributed by atoms with Gasteiger partial charge in [0.15, 0.2) is 13.8 Å². The molecule has 5 atom stereocenters. The van der Waals surface area contributed by atoms with Gasteiger partial charge in [-0.1, -0.05) is 95.7 Å². The lowest BCUT2D eigenvalue weighted by Crippen LogP contribution is -2.31. The Kier molecular flexibility index (Phi) is 7.96. The van der Waals surface area contributed by atoms with Gasteiger partial charge in [-0.05, 0) is 47.6 Å². The molecule has 1 heterocycles. The molecule has 1 fully saturated rings. The monoisotopic (exact) mass is 501 g/mol. The van der Waals surface area contributed by atoms with E-state index in [4.69, 9.17) is 0 Å². The topological polar surface area (TPSA) is 49.4 Å². The Hall–Kier alpha value is -2.48. The molecule has 1 unspecified atom stereocenters. The molecule has 35 heavy (non-hydrogen) atoms. The summed E-state index contributed by atoms with van der Waals surface area (Å²) in [5.41, 5.74) is 2.41. The Balaban J connectivity index is 1.30. The molecule has 3 aliphatic rings. The van der Waals surface area contributed by atoms with Crippen LogP contribution >= 0.6 is 16.4 Å². The van der Waals surface area contributed by atoms with Crippen molar-refractivity contribution in [3.63, 3.8) is 0 Å². The predicted octanol–water partition coefficient (Wildman–Crippen LogP) is 7.72. The van der Waals surface area contributed by atoms with Crippen LogP contribution in [0.3, 0.4) is 0 Å². The molecule has 0 aromatic heterocycles. The minimum atomic E-state index is -1.54. The van der Waals surface area contributed by atoms with Crippen molar-refractivity contribution in [2.75, 3.05) is 13.1 Å². The summed E-state index contributed by atoms with van der Waals surface area (Å²) < 4.78 is 27.6. The van der Waals surface area contributed by atoms with E-state index in [0.29, 0.717) is 0 Å². The Bertz CT molecular complexity index is 1170. The number of rotatable bonds is 9. The van der Waals surface area contributed by atoms with Gasteiger partial charge in [-0.25, -0.2) is 0 Å². The van der Waals surface area contributed by atoms with Crippen molar-refractivity contribution >= 4 is 16.4 Å². The molecule has 0 bridgehead atoms. The lowest BCUT2D eigenvalue weighted by molar-refractivity contribution is 0.315. The van der Waals surface area contributed by atoms with E-state index in [-0.39, 0.29) is 32.4 Å². The van der Waals surface area contributed by atoms with Crippen molar-refractivity contribution < 1.29 is 9.13 Å².